The van der Waals surface area contributed by atoms with Crippen LogP contribution in [-0.2, 0) is 23.8 Å². The number of carbonyl (C=O) groups is 2. The zero-order chi connectivity index (χ0) is 13.0. The van der Waals surface area contributed by atoms with Gasteiger partial charge >= 0.3 is 0 Å². The lowest BCUT2D eigenvalue weighted by Gasteiger charge is -2.30. The molecule has 3 rings (SSSR count). The van der Waals surface area contributed by atoms with E-state index in [1.165, 1.54) is 20.3 Å². The fourth-order valence-electron chi connectivity index (χ4n) is 3.14. The van der Waals surface area contributed by atoms with Crippen LogP contribution in [0.2, 0.25) is 0 Å². The lowest BCUT2D eigenvalue weighted by molar-refractivity contribution is -0.129. The zero-order valence-corrected chi connectivity index (χ0v) is 10.4. The van der Waals surface area contributed by atoms with Crippen LogP contribution >= 0.6 is 0 Å². The van der Waals surface area contributed by atoms with Crippen LogP contribution in [0.4, 0.5) is 0 Å². The summed E-state index contributed by atoms with van der Waals surface area (Å²) in [5, 5.41) is 0. The number of ketones is 2. The van der Waals surface area contributed by atoms with E-state index in [4.69, 9.17) is 14.2 Å². The van der Waals surface area contributed by atoms with Crippen molar-refractivity contribution in [2.24, 2.45) is 11.8 Å². The van der Waals surface area contributed by atoms with Gasteiger partial charge < -0.3 is 14.2 Å². The fourth-order valence-corrected chi connectivity index (χ4v) is 3.14. The molecular weight excluding hydrogens is 236 g/mol. The first-order valence-electron chi connectivity index (χ1n) is 5.84. The molecule has 5 nitrogen and oxygen atoms in total. The third-order valence-corrected chi connectivity index (χ3v) is 3.91. The number of carbonyl (C=O) groups excluding carboxylic acids is 2. The highest BCUT2D eigenvalue weighted by molar-refractivity contribution is 6.11. The van der Waals surface area contributed by atoms with Gasteiger partial charge in [0.25, 0.3) is 0 Å². The molecule has 0 N–H and O–H groups in total. The van der Waals surface area contributed by atoms with Gasteiger partial charge in [-0.3, -0.25) is 9.59 Å². The van der Waals surface area contributed by atoms with E-state index in [-0.39, 0.29) is 11.6 Å². The van der Waals surface area contributed by atoms with Crippen molar-refractivity contribution in [1.82, 2.24) is 0 Å². The highest BCUT2D eigenvalue weighted by Gasteiger charge is 2.61. The van der Waals surface area contributed by atoms with Gasteiger partial charge in [-0.15, -0.1) is 0 Å². The topological polar surface area (TPSA) is 61.8 Å². The number of allylic oxidation sites excluding steroid dienone is 2. The zero-order valence-electron chi connectivity index (χ0n) is 10.4. The molecule has 96 valence electrons. The first kappa shape index (κ1) is 11.5. The first-order valence-corrected chi connectivity index (χ1v) is 5.84. The first-order chi connectivity index (χ1) is 8.60. The predicted molar refractivity (Wildman–Crippen MR) is 60.5 cm³/mol. The second kappa shape index (κ2) is 3.68. The standard InChI is InChI=1S/C13H14O5/c1-5-4-6(14)7-8(9(5)15)11-13(17-3)12(16-2)10(7)18-11/h4,7-8,10-11H,1-3H3/t7-,8-,10-,11+/m1/s1. The molecule has 0 aromatic heterocycles. The van der Waals surface area contributed by atoms with E-state index >= 15 is 0 Å². The quantitative estimate of drug-likeness (QED) is 0.718. The van der Waals surface area contributed by atoms with E-state index < -0.39 is 24.0 Å². The van der Waals surface area contributed by atoms with Crippen molar-refractivity contribution in [3.8, 4) is 0 Å². The second-order valence-corrected chi connectivity index (χ2v) is 4.76. The minimum atomic E-state index is -0.486. The maximum atomic E-state index is 12.2. The highest BCUT2D eigenvalue weighted by atomic mass is 16.6. The van der Waals surface area contributed by atoms with Crippen LogP contribution in [0.3, 0.4) is 0 Å². The Kier molecular flexibility index (Phi) is 2.35. The van der Waals surface area contributed by atoms with Crippen molar-refractivity contribution in [2.45, 2.75) is 19.1 Å². The average molecular weight is 250 g/mol. The number of methoxy groups -OCH3 is 2. The van der Waals surface area contributed by atoms with Crippen molar-refractivity contribution < 1.29 is 23.8 Å². The smallest absolute Gasteiger partial charge is 0.165 e. The summed E-state index contributed by atoms with van der Waals surface area (Å²) in [7, 11) is 3.04. The van der Waals surface area contributed by atoms with Gasteiger partial charge in [-0.1, -0.05) is 0 Å². The summed E-state index contributed by atoms with van der Waals surface area (Å²) in [6, 6.07) is 0. The van der Waals surface area contributed by atoms with Crippen molar-refractivity contribution in [2.75, 3.05) is 14.2 Å². The molecule has 0 saturated carbocycles. The van der Waals surface area contributed by atoms with Crippen LogP contribution in [0.5, 0.6) is 0 Å². The number of ether oxygens (including phenoxy) is 3. The Labute approximate surface area is 104 Å². The van der Waals surface area contributed by atoms with E-state index in [9.17, 15) is 9.59 Å². The number of Topliss-reactive ketones (excluding diaryl/α,β-unsaturated/α-hetero) is 1. The van der Waals surface area contributed by atoms with E-state index in [1.54, 1.807) is 6.92 Å². The average Bonchev–Trinajstić information content (AvgIpc) is 2.90. The molecule has 2 aliphatic heterocycles. The van der Waals surface area contributed by atoms with Gasteiger partial charge in [0, 0.05) is 0 Å². The summed E-state index contributed by atoms with van der Waals surface area (Å²) >= 11 is 0. The summed E-state index contributed by atoms with van der Waals surface area (Å²) in [5.74, 6) is 0.0740. The minimum absolute atomic E-state index is 0.0307. The molecule has 0 unspecified atom stereocenters. The molecule has 1 aliphatic carbocycles. The molecule has 0 aromatic rings. The maximum Gasteiger partial charge on any atom is 0.165 e. The molecule has 0 aromatic carbocycles. The molecule has 4 atom stereocenters. The number of rotatable bonds is 2. The Bertz CT molecular complexity index is 502. The summed E-state index contributed by atoms with van der Waals surface area (Å²) < 4.78 is 16.2. The Balaban J connectivity index is 2.08. The molecule has 18 heavy (non-hydrogen) atoms. The van der Waals surface area contributed by atoms with Crippen molar-refractivity contribution in [1.29, 1.82) is 0 Å². The van der Waals surface area contributed by atoms with Gasteiger partial charge in [-0.05, 0) is 18.6 Å². The number of hydrogen-bond donors (Lipinski definition) is 0. The van der Waals surface area contributed by atoms with E-state index in [2.05, 4.69) is 0 Å². The molecule has 1 saturated heterocycles. The molecule has 0 spiro atoms. The third-order valence-electron chi connectivity index (χ3n) is 3.91. The normalized spacial score (nSPS) is 37.8. The van der Waals surface area contributed by atoms with Crippen LogP contribution in [0, 0.1) is 11.8 Å². The Morgan fingerprint density at radius 2 is 1.61 bits per heavy atom. The molecule has 0 amide bonds. The highest BCUT2D eigenvalue weighted by Crippen LogP contribution is 2.50. The van der Waals surface area contributed by atoms with E-state index in [0.29, 0.717) is 17.1 Å². The van der Waals surface area contributed by atoms with Crippen molar-refractivity contribution >= 4 is 11.6 Å². The van der Waals surface area contributed by atoms with Crippen LogP contribution in [0.25, 0.3) is 0 Å². The monoisotopic (exact) mass is 250 g/mol. The SMILES string of the molecule is COC1=C(OC)[C@@H]2O[C@H]1[C@H]1C(=O)C(C)=CC(=O)[C@H]12. The molecule has 1 fully saturated rings. The summed E-state index contributed by atoms with van der Waals surface area (Å²) in [5.41, 5.74) is 0.492. The number of fused-ring (bicyclic) bond motifs is 5. The van der Waals surface area contributed by atoms with Gasteiger partial charge in [0.1, 0.15) is 12.2 Å². The minimum Gasteiger partial charge on any atom is -0.495 e. The Hall–Kier alpha value is -1.62. The second-order valence-electron chi connectivity index (χ2n) is 4.76. The van der Waals surface area contributed by atoms with E-state index in [0.717, 1.165) is 0 Å². The van der Waals surface area contributed by atoms with Crippen molar-refractivity contribution in [3.05, 3.63) is 23.2 Å². The van der Waals surface area contributed by atoms with Gasteiger partial charge in [0.05, 0.1) is 26.1 Å². The Morgan fingerprint density at radius 1 is 1.06 bits per heavy atom. The lowest BCUT2D eigenvalue weighted by Crippen LogP contribution is -2.43. The van der Waals surface area contributed by atoms with Crippen LogP contribution < -0.4 is 0 Å². The van der Waals surface area contributed by atoms with E-state index in [1.807, 2.05) is 0 Å². The molecular formula is C13H14O5. The van der Waals surface area contributed by atoms with Gasteiger partial charge in [0.2, 0.25) is 0 Å². The molecule has 3 aliphatic rings. The van der Waals surface area contributed by atoms with Gasteiger partial charge in [-0.25, -0.2) is 0 Å². The summed E-state index contributed by atoms with van der Waals surface area (Å²) in [6.07, 6.45) is 0.439. The fraction of sp³-hybridized carbons (Fsp3) is 0.538. The van der Waals surface area contributed by atoms with Crippen LogP contribution in [0.1, 0.15) is 6.92 Å². The maximum absolute atomic E-state index is 12.2. The molecule has 2 bridgehead atoms. The number of hydrogen-bond acceptors (Lipinski definition) is 5. The van der Waals surface area contributed by atoms with Crippen LogP contribution in [-0.4, -0.2) is 38.0 Å². The van der Waals surface area contributed by atoms with Crippen LogP contribution in [0.15, 0.2) is 23.2 Å². The lowest BCUT2D eigenvalue weighted by atomic mass is 9.71. The predicted octanol–water partition coefficient (Wildman–Crippen LogP) is 0.602. The van der Waals surface area contributed by atoms with Gasteiger partial charge in [0.15, 0.2) is 23.1 Å². The summed E-state index contributed by atoms with van der Waals surface area (Å²) in [4.78, 5) is 24.2. The molecule has 5 heteroatoms. The Morgan fingerprint density at radius 3 is 2.17 bits per heavy atom. The van der Waals surface area contributed by atoms with Crippen molar-refractivity contribution in [3.63, 3.8) is 0 Å². The van der Waals surface area contributed by atoms with Gasteiger partial charge in [-0.2, -0.15) is 0 Å². The third kappa shape index (κ3) is 1.20. The molecule has 2 heterocycles. The largest absolute Gasteiger partial charge is 0.495 e. The summed E-state index contributed by atoms with van der Waals surface area (Å²) in [6.45, 7) is 1.66. The molecule has 0 radical (unpaired) electrons.